The highest BCUT2D eigenvalue weighted by Crippen LogP contribution is 2.37. The van der Waals surface area contributed by atoms with Crippen LogP contribution in [0.5, 0.6) is 0 Å². The Morgan fingerprint density at radius 2 is 1.80 bits per heavy atom. The summed E-state index contributed by atoms with van der Waals surface area (Å²) in [7, 11) is 0. The highest BCUT2D eigenvalue weighted by Gasteiger charge is 2.39. The number of halogens is 2. The molecule has 2 aromatic rings. The fourth-order valence-corrected chi connectivity index (χ4v) is 4.67. The van der Waals surface area contributed by atoms with E-state index in [1.165, 1.54) is 0 Å². The first kappa shape index (κ1) is 17.6. The first-order valence-corrected chi connectivity index (χ1v) is 10.0. The summed E-state index contributed by atoms with van der Waals surface area (Å²) in [6.45, 7) is 3.36. The number of imidazole rings is 1. The van der Waals surface area contributed by atoms with Gasteiger partial charge in [0.25, 0.3) is 0 Å². The Kier molecular flexibility index (Phi) is 4.74. The number of anilines is 1. The number of alkyl halides is 2. The van der Waals surface area contributed by atoms with E-state index in [0.717, 1.165) is 21.9 Å². The summed E-state index contributed by atoms with van der Waals surface area (Å²) >= 11 is 13.8. The summed E-state index contributed by atoms with van der Waals surface area (Å²) in [6, 6.07) is 0. The van der Waals surface area contributed by atoms with Gasteiger partial charge in [0.15, 0.2) is 5.65 Å². The molecule has 2 fully saturated rings. The van der Waals surface area contributed by atoms with Crippen LogP contribution in [-0.4, -0.2) is 63.5 Å². The molecular formula is C15H19Cl2N5O2S. The van der Waals surface area contributed by atoms with E-state index in [-0.39, 0.29) is 16.8 Å². The second-order valence-corrected chi connectivity index (χ2v) is 8.47. The second kappa shape index (κ2) is 6.74. The minimum atomic E-state index is -0.0614. The van der Waals surface area contributed by atoms with Crippen molar-refractivity contribution in [1.29, 1.82) is 0 Å². The summed E-state index contributed by atoms with van der Waals surface area (Å²) in [6.07, 6.45) is 1.78. The zero-order valence-electron chi connectivity index (χ0n) is 13.6. The first-order valence-electron chi connectivity index (χ1n) is 7.97. The fourth-order valence-electron chi connectivity index (χ4n) is 2.92. The molecule has 2 saturated heterocycles. The lowest BCUT2D eigenvalue weighted by atomic mass is 9.88. The predicted molar refractivity (Wildman–Crippen MR) is 98.4 cm³/mol. The Morgan fingerprint density at radius 3 is 2.36 bits per heavy atom. The number of fused-ring (bicyclic) bond motifs is 1. The molecule has 2 aromatic heterocycles. The smallest absolute Gasteiger partial charge is 0.223 e. The number of nitrogens with zero attached hydrogens (tertiary/aromatic N) is 4. The second-order valence-electron chi connectivity index (χ2n) is 6.97. The minimum absolute atomic E-state index is 0.00672. The molecule has 0 amide bonds. The van der Waals surface area contributed by atoms with Crippen LogP contribution in [0.1, 0.15) is 0 Å². The monoisotopic (exact) mass is 403 g/mol. The third-order valence-corrected chi connectivity index (χ3v) is 7.12. The third kappa shape index (κ3) is 3.19. The molecule has 0 spiro atoms. The largest absolute Gasteiger partial charge is 0.380 e. The van der Waals surface area contributed by atoms with Gasteiger partial charge in [-0.2, -0.15) is 4.98 Å². The normalized spacial score (nSPS) is 21.0. The van der Waals surface area contributed by atoms with Crippen molar-refractivity contribution in [3.63, 3.8) is 0 Å². The van der Waals surface area contributed by atoms with Crippen molar-refractivity contribution >= 4 is 52.1 Å². The molecule has 136 valence electrons. The molecule has 2 N–H and O–H groups in total. The van der Waals surface area contributed by atoms with Gasteiger partial charge in [0, 0.05) is 34.9 Å². The van der Waals surface area contributed by atoms with E-state index >= 15 is 0 Å². The molecule has 0 radical (unpaired) electrons. The Labute approximate surface area is 159 Å². The van der Waals surface area contributed by atoms with Gasteiger partial charge < -0.3 is 19.8 Å². The van der Waals surface area contributed by atoms with Gasteiger partial charge in [-0.15, -0.1) is 35.0 Å². The quantitative estimate of drug-likeness (QED) is 0.429. The van der Waals surface area contributed by atoms with Gasteiger partial charge in [0.05, 0.1) is 32.8 Å². The number of hydrogen-bond donors (Lipinski definition) is 1. The summed E-state index contributed by atoms with van der Waals surface area (Å²) in [5.74, 6) is 2.16. The van der Waals surface area contributed by atoms with Crippen molar-refractivity contribution < 1.29 is 9.47 Å². The number of hydrogen-bond acceptors (Lipinski definition) is 7. The number of rotatable bonds is 7. The van der Waals surface area contributed by atoms with Crippen LogP contribution in [0.4, 0.5) is 5.95 Å². The lowest BCUT2D eigenvalue weighted by Gasteiger charge is -2.40. The van der Waals surface area contributed by atoms with Crippen LogP contribution in [0, 0.1) is 10.8 Å². The Morgan fingerprint density at radius 1 is 1.12 bits per heavy atom. The molecule has 4 heterocycles. The molecule has 4 rings (SSSR count). The summed E-state index contributed by atoms with van der Waals surface area (Å²) in [5.41, 5.74) is 7.37. The molecule has 0 aromatic carbocycles. The fraction of sp³-hybridized carbons (Fsp3) is 0.667. The molecule has 0 unspecified atom stereocenters. The van der Waals surface area contributed by atoms with Gasteiger partial charge in [-0.1, -0.05) is 0 Å². The molecule has 0 saturated carbocycles. The van der Waals surface area contributed by atoms with Crippen LogP contribution in [0.15, 0.2) is 11.4 Å². The number of aromatic nitrogens is 4. The number of nitrogen functional groups attached to an aromatic ring is 1. The van der Waals surface area contributed by atoms with E-state index < -0.39 is 0 Å². The van der Waals surface area contributed by atoms with E-state index in [0.29, 0.717) is 44.7 Å². The molecular weight excluding hydrogens is 385 g/mol. The first-order chi connectivity index (χ1) is 12.1. The molecule has 0 aliphatic carbocycles. The summed E-state index contributed by atoms with van der Waals surface area (Å²) in [5, 5.41) is 0.780. The maximum atomic E-state index is 6.13. The number of nitrogens with two attached hydrogens (primary N) is 1. The van der Waals surface area contributed by atoms with Crippen molar-refractivity contribution in [3.8, 4) is 0 Å². The molecule has 0 bridgehead atoms. The highest BCUT2D eigenvalue weighted by atomic mass is 35.5. The van der Waals surface area contributed by atoms with Gasteiger partial charge in [-0.3, -0.25) is 0 Å². The van der Waals surface area contributed by atoms with Gasteiger partial charge >= 0.3 is 0 Å². The van der Waals surface area contributed by atoms with Crippen molar-refractivity contribution in [3.05, 3.63) is 6.33 Å². The minimum Gasteiger partial charge on any atom is -0.380 e. The predicted octanol–water partition coefficient (Wildman–Crippen LogP) is 2.01. The Balaban J connectivity index is 1.60. The van der Waals surface area contributed by atoms with Crippen LogP contribution in [0.25, 0.3) is 11.2 Å². The summed E-state index contributed by atoms with van der Waals surface area (Å²) < 4.78 is 12.7. The lowest BCUT2D eigenvalue weighted by molar-refractivity contribution is -0.107. The van der Waals surface area contributed by atoms with E-state index in [1.54, 1.807) is 18.1 Å². The van der Waals surface area contributed by atoms with Crippen LogP contribution in [-0.2, 0) is 16.0 Å². The standard InChI is InChI=1S/C15H19Cl2N5O2S/c16-1-14(4-23-5-14)3-22-9-19-10-11(22)20-13(18)21-12(10)25-8-15(2-17)6-24-7-15/h9H,1-8H2,(H2,18,20,21). The van der Waals surface area contributed by atoms with Crippen LogP contribution in [0.2, 0.25) is 0 Å². The third-order valence-electron chi connectivity index (χ3n) is 4.67. The zero-order valence-corrected chi connectivity index (χ0v) is 15.9. The van der Waals surface area contributed by atoms with Gasteiger partial charge in [0.1, 0.15) is 10.5 Å². The Hall–Kier alpha value is -0.800. The van der Waals surface area contributed by atoms with Crippen molar-refractivity contribution in [2.75, 3.05) is 49.7 Å². The molecule has 10 heteroatoms. The van der Waals surface area contributed by atoms with Crippen LogP contribution in [0.3, 0.4) is 0 Å². The van der Waals surface area contributed by atoms with Crippen LogP contribution >= 0.6 is 35.0 Å². The van der Waals surface area contributed by atoms with Gasteiger partial charge in [0.2, 0.25) is 5.95 Å². The zero-order chi connectivity index (χ0) is 17.5. The molecule has 2 aliphatic heterocycles. The van der Waals surface area contributed by atoms with Crippen molar-refractivity contribution in [1.82, 2.24) is 19.5 Å². The maximum Gasteiger partial charge on any atom is 0.223 e. The molecule has 25 heavy (non-hydrogen) atoms. The average Bonchev–Trinajstić information content (AvgIpc) is 2.93. The molecule has 7 nitrogen and oxygen atoms in total. The van der Waals surface area contributed by atoms with Gasteiger partial charge in [-0.05, 0) is 0 Å². The van der Waals surface area contributed by atoms with Crippen LogP contribution < -0.4 is 5.73 Å². The molecule has 0 atom stereocenters. The Bertz CT molecular complexity index is 768. The van der Waals surface area contributed by atoms with E-state index in [1.807, 2.05) is 4.57 Å². The maximum absolute atomic E-state index is 6.13. The number of thioether (sulfide) groups is 1. The van der Waals surface area contributed by atoms with Crippen molar-refractivity contribution in [2.45, 2.75) is 11.6 Å². The SMILES string of the molecule is Nc1nc(SCC2(CCl)COC2)c2ncn(CC3(CCl)COC3)c2n1. The highest BCUT2D eigenvalue weighted by molar-refractivity contribution is 7.99. The lowest BCUT2D eigenvalue weighted by Crippen LogP contribution is -2.47. The molecule has 2 aliphatic rings. The van der Waals surface area contributed by atoms with E-state index in [4.69, 9.17) is 38.4 Å². The number of ether oxygens (including phenoxy) is 2. The van der Waals surface area contributed by atoms with E-state index in [2.05, 4.69) is 15.0 Å². The summed E-state index contributed by atoms with van der Waals surface area (Å²) in [4.78, 5) is 13.3. The topological polar surface area (TPSA) is 88.1 Å². The van der Waals surface area contributed by atoms with E-state index in [9.17, 15) is 0 Å². The van der Waals surface area contributed by atoms with Gasteiger partial charge in [-0.25, -0.2) is 9.97 Å². The van der Waals surface area contributed by atoms with Crippen molar-refractivity contribution in [2.24, 2.45) is 10.8 Å². The average molecular weight is 404 g/mol.